The second-order valence-corrected chi connectivity index (χ2v) is 7.56. The van der Waals surface area contributed by atoms with Crippen molar-refractivity contribution in [1.82, 2.24) is 9.88 Å². The van der Waals surface area contributed by atoms with Crippen molar-refractivity contribution < 1.29 is 9.21 Å². The van der Waals surface area contributed by atoms with E-state index in [2.05, 4.69) is 11.1 Å². The molecule has 2 heterocycles. The molecule has 0 bridgehead atoms. The highest BCUT2D eigenvalue weighted by molar-refractivity contribution is 7.18. The zero-order chi connectivity index (χ0) is 18.1. The van der Waals surface area contributed by atoms with Gasteiger partial charge in [0.2, 0.25) is 5.91 Å². The largest absolute Gasteiger partial charge is 0.459 e. The molecule has 4 aromatic rings. The number of benzene rings is 2. The maximum absolute atomic E-state index is 12.6. The van der Waals surface area contributed by atoms with Gasteiger partial charge in [0.25, 0.3) is 0 Å². The maximum Gasteiger partial charge on any atom is 0.223 e. The number of carbonyl (C=O) groups excluding carboxylic acids is 1. The summed E-state index contributed by atoms with van der Waals surface area (Å²) in [7, 11) is 1.83. The van der Waals surface area contributed by atoms with Crippen LogP contribution in [-0.2, 0) is 11.2 Å². The molecule has 1 amide bonds. The van der Waals surface area contributed by atoms with Crippen LogP contribution in [-0.4, -0.2) is 22.8 Å². The van der Waals surface area contributed by atoms with Crippen LogP contribution in [0.15, 0.2) is 59.0 Å². The van der Waals surface area contributed by atoms with Gasteiger partial charge >= 0.3 is 0 Å². The molecule has 5 heteroatoms. The number of fused-ring (bicyclic) bond motifs is 2. The lowest BCUT2D eigenvalue weighted by molar-refractivity contribution is -0.132. The highest BCUT2D eigenvalue weighted by atomic mass is 32.1. The number of carbonyl (C=O) groups is 1. The first kappa shape index (κ1) is 16.8. The maximum atomic E-state index is 12.6. The summed E-state index contributed by atoms with van der Waals surface area (Å²) in [6, 6.07) is 17.9. The summed E-state index contributed by atoms with van der Waals surface area (Å²) in [6.45, 7) is 1.99. The Kier molecular flexibility index (Phi) is 4.47. The summed E-state index contributed by atoms with van der Waals surface area (Å²) in [6.07, 6.45) is 1.11. The van der Waals surface area contributed by atoms with Crippen LogP contribution in [0.5, 0.6) is 0 Å². The second-order valence-electron chi connectivity index (χ2n) is 6.44. The van der Waals surface area contributed by atoms with E-state index in [1.54, 1.807) is 16.2 Å². The van der Waals surface area contributed by atoms with Crippen molar-refractivity contribution in [2.45, 2.75) is 25.8 Å². The molecule has 2 aromatic carbocycles. The minimum atomic E-state index is -0.106. The SMILES string of the molecule is CC(c1cc2ccccc2o1)N(C)C(=O)CCc1nc2ccccc2s1. The molecule has 4 nitrogen and oxygen atoms in total. The fraction of sp³-hybridized carbons (Fsp3) is 0.238. The lowest BCUT2D eigenvalue weighted by Gasteiger charge is -2.23. The van der Waals surface area contributed by atoms with Crippen molar-refractivity contribution in [2.24, 2.45) is 0 Å². The van der Waals surface area contributed by atoms with E-state index in [-0.39, 0.29) is 11.9 Å². The summed E-state index contributed by atoms with van der Waals surface area (Å²) in [5, 5.41) is 2.06. The van der Waals surface area contributed by atoms with Crippen LogP contribution in [0.3, 0.4) is 0 Å². The van der Waals surface area contributed by atoms with Gasteiger partial charge in [0.15, 0.2) is 0 Å². The number of nitrogens with zero attached hydrogens (tertiary/aromatic N) is 2. The van der Waals surface area contributed by atoms with Crippen LogP contribution in [0.4, 0.5) is 0 Å². The molecule has 0 saturated heterocycles. The van der Waals surface area contributed by atoms with Gasteiger partial charge in [-0.15, -0.1) is 11.3 Å². The minimum Gasteiger partial charge on any atom is -0.459 e. The first-order valence-corrected chi connectivity index (χ1v) is 9.52. The molecule has 2 aromatic heterocycles. The highest BCUT2D eigenvalue weighted by Gasteiger charge is 2.21. The van der Waals surface area contributed by atoms with Gasteiger partial charge in [-0.25, -0.2) is 4.98 Å². The Hall–Kier alpha value is -2.66. The number of hydrogen-bond donors (Lipinski definition) is 0. The van der Waals surface area contributed by atoms with Crippen LogP contribution in [0.25, 0.3) is 21.2 Å². The smallest absolute Gasteiger partial charge is 0.223 e. The van der Waals surface area contributed by atoms with Crippen LogP contribution in [0, 0.1) is 0 Å². The fourth-order valence-corrected chi connectivity index (χ4v) is 4.00. The number of rotatable bonds is 5. The topological polar surface area (TPSA) is 46.3 Å². The summed E-state index contributed by atoms with van der Waals surface area (Å²) in [4.78, 5) is 19.0. The number of aromatic nitrogens is 1. The monoisotopic (exact) mass is 364 g/mol. The molecule has 0 aliphatic heterocycles. The van der Waals surface area contributed by atoms with Crippen LogP contribution in [0.1, 0.15) is 30.2 Å². The number of para-hydroxylation sites is 2. The van der Waals surface area contributed by atoms with Gasteiger partial charge in [-0.2, -0.15) is 0 Å². The third kappa shape index (κ3) is 3.22. The van der Waals surface area contributed by atoms with Crippen molar-refractivity contribution in [2.75, 3.05) is 7.05 Å². The Balaban J connectivity index is 1.43. The van der Waals surface area contributed by atoms with Gasteiger partial charge in [0.1, 0.15) is 11.3 Å². The summed E-state index contributed by atoms with van der Waals surface area (Å²) < 4.78 is 7.07. The number of aryl methyl sites for hydroxylation is 1. The van der Waals surface area contributed by atoms with Crippen LogP contribution in [0.2, 0.25) is 0 Å². The van der Waals surface area contributed by atoms with E-state index >= 15 is 0 Å². The Morgan fingerprint density at radius 2 is 1.96 bits per heavy atom. The molecule has 0 aliphatic carbocycles. The van der Waals surface area contributed by atoms with Gasteiger partial charge in [-0.1, -0.05) is 30.3 Å². The quantitative estimate of drug-likeness (QED) is 0.489. The van der Waals surface area contributed by atoms with Crippen LogP contribution >= 0.6 is 11.3 Å². The third-order valence-electron chi connectivity index (χ3n) is 4.72. The molecule has 0 saturated carbocycles. The van der Waals surface area contributed by atoms with E-state index < -0.39 is 0 Å². The van der Waals surface area contributed by atoms with E-state index in [0.717, 1.165) is 27.3 Å². The first-order valence-electron chi connectivity index (χ1n) is 8.70. The van der Waals surface area contributed by atoms with Crippen molar-refractivity contribution >= 4 is 38.4 Å². The van der Waals surface area contributed by atoms with Crippen molar-refractivity contribution in [3.8, 4) is 0 Å². The van der Waals surface area contributed by atoms with Crippen molar-refractivity contribution in [3.05, 3.63) is 65.4 Å². The number of thiazole rings is 1. The first-order chi connectivity index (χ1) is 12.6. The van der Waals surface area contributed by atoms with E-state index in [0.29, 0.717) is 12.8 Å². The molecule has 1 atom stereocenters. The lowest BCUT2D eigenvalue weighted by atomic mass is 10.2. The van der Waals surface area contributed by atoms with Crippen molar-refractivity contribution in [3.63, 3.8) is 0 Å². The number of furan rings is 1. The van der Waals surface area contributed by atoms with E-state index in [1.807, 2.05) is 62.5 Å². The second kappa shape index (κ2) is 6.92. The number of hydrogen-bond acceptors (Lipinski definition) is 4. The summed E-state index contributed by atoms with van der Waals surface area (Å²) in [5.41, 5.74) is 1.86. The fourth-order valence-electron chi connectivity index (χ4n) is 3.03. The number of amides is 1. The van der Waals surface area contributed by atoms with Gasteiger partial charge < -0.3 is 9.32 Å². The van der Waals surface area contributed by atoms with E-state index in [4.69, 9.17) is 4.42 Å². The predicted molar refractivity (Wildman–Crippen MR) is 105 cm³/mol. The molecular formula is C21H20N2O2S. The zero-order valence-electron chi connectivity index (χ0n) is 14.8. The Bertz CT molecular complexity index is 1000. The lowest BCUT2D eigenvalue weighted by Crippen LogP contribution is -2.29. The molecule has 0 N–H and O–H groups in total. The minimum absolute atomic E-state index is 0.0946. The van der Waals surface area contributed by atoms with Crippen LogP contribution < -0.4 is 0 Å². The zero-order valence-corrected chi connectivity index (χ0v) is 15.6. The normalized spacial score (nSPS) is 12.5. The van der Waals surface area contributed by atoms with E-state index in [1.165, 1.54) is 4.70 Å². The predicted octanol–water partition coefficient (Wildman–Crippen LogP) is 5.19. The summed E-state index contributed by atoms with van der Waals surface area (Å²) >= 11 is 1.66. The van der Waals surface area contributed by atoms with Gasteiger partial charge in [0.05, 0.1) is 21.3 Å². The highest BCUT2D eigenvalue weighted by Crippen LogP contribution is 2.27. The van der Waals surface area contributed by atoms with Gasteiger partial charge in [-0.05, 0) is 31.2 Å². The Labute approximate surface area is 156 Å². The summed E-state index contributed by atoms with van der Waals surface area (Å²) in [5.74, 6) is 0.902. The standard InChI is InChI=1S/C21H20N2O2S/c1-14(18-13-15-7-3-5-9-17(15)25-18)23(2)21(24)12-11-20-22-16-8-4-6-10-19(16)26-20/h3-10,13-14H,11-12H2,1-2H3. The molecule has 26 heavy (non-hydrogen) atoms. The molecule has 0 aliphatic rings. The molecule has 132 valence electrons. The Morgan fingerprint density at radius 1 is 1.19 bits per heavy atom. The molecule has 0 spiro atoms. The van der Waals surface area contributed by atoms with E-state index in [9.17, 15) is 4.79 Å². The third-order valence-corrected chi connectivity index (χ3v) is 5.82. The Morgan fingerprint density at radius 3 is 2.77 bits per heavy atom. The van der Waals surface area contributed by atoms with Gasteiger partial charge in [0, 0.05) is 25.3 Å². The average molecular weight is 364 g/mol. The molecular weight excluding hydrogens is 344 g/mol. The molecule has 1 unspecified atom stereocenters. The van der Waals surface area contributed by atoms with Crippen molar-refractivity contribution in [1.29, 1.82) is 0 Å². The molecule has 0 radical (unpaired) electrons. The molecule has 4 rings (SSSR count). The van der Waals surface area contributed by atoms with Gasteiger partial charge in [-0.3, -0.25) is 4.79 Å². The molecule has 0 fully saturated rings. The average Bonchev–Trinajstić information content (AvgIpc) is 3.28.